The fourth-order valence-corrected chi connectivity index (χ4v) is 5.23. The quantitative estimate of drug-likeness (QED) is 0.522. The number of anilines is 1. The lowest BCUT2D eigenvalue weighted by molar-refractivity contribution is -0.120. The molecule has 0 saturated carbocycles. The molecule has 0 radical (unpaired) electrons. The summed E-state index contributed by atoms with van der Waals surface area (Å²) in [5, 5.41) is 2.91. The zero-order valence-electron chi connectivity index (χ0n) is 19.6. The van der Waals surface area contributed by atoms with E-state index in [0.29, 0.717) is 11.4 Å². The molecule has 0 unspecified atom stereocenters. The summed E-state index contributed by atoms with van der Waals surface area (Å²) in [5.41, 5.74) is 4.03. The van der Waals surface area contributed by atoms with Crippen LogP contribution in [0.5, 0.6) is 5.75 Å². The second kappa shape index (κ2) is 10.1. The second-order valence-corrected chi connectivity index (χ2v) is 10.0. The fourth-order valence-electron chi connectivity index (χ4n) is 3.74. The van der Waals surface area contributed by atoms with E-state index in [1.165, 1.54) is 4.31 Å². The number of rotatable bonds is 8. The van der Waals surface area contributed by atoms with Crippen molar-refractivity contribution in [3.63, 3.8) is 0 Å². The predicted molar refractivity (Wildman–Crippen MR) is 131 cm³/mol. The third-order valence-corrected chi connectivity index (χ3v) is 7.27. The maximum absolute atomic E-state index is 13.6. The van der Waals surface area contributed by atoms with Crippen LogP contribution in [0, 0.1) is 20.8 Å². The Hall–Kier alpha value is -3.32. The van der Waals surface area contributed by atoms with Gasteiger partial charge in [-0.3, -0.25) is 9.10 Å². The highest BCUT2D eigenvalue weighted by Gasteiger charge is 2.29. The maximum Gasteiger partial charge on any atom is 0.264 e. The molecule has 1 amide bonds. The van der Waals surface area contributed by atoms with Crippen molar-refractivity contribution in [2.75, 3.05) is 18.0 Å². The van der Waals surface area contributed by atoms with E-state index in [9.17, 15) is 13.2 Å². The lowest BCUT2D eigenvalue weighted by atomic mass is 10.1. The molecule has 0 fully saturated rings. The van der Waals surface area contributed by atoms with Crippen LogP contribution >= 0.6 is 0 Å². The van der Waals surface area contributed by atoms with Gasteiger partial charge in [-0.05, 0) is 57.5 Å². The Morgan fingerprint density at radius 2 is 1.61 bits per heavy atom. The van der Waals surface area contributed by atoms with Gasteiger partial charge in [0.1, 0.15) is 12.3 Å². The molecule has 3 aromatic rings. The molecule has 1 N–H and O–H groups in total. The first-order valence-electron chi connectivity index (χ1n) is 10.7. The minimum atomic E-state index is -3.97. The molecule has 3 aromatic carbocycles. The number of carbonyl (C=O) groups excluding carboxylic acids is 1. The van der Waals surface area contributed by atoms with Gasteiger partial charge in [-0.15, -0.1) is 0 Å². The molecule has 1 atom stereocenters. The van der Waals surface area contributed by atoms with Crippen LogP contribution in [0.25, 0.3) is 0 Å². The summed E-state index contributed by atoms with van der Waals surface area (Å²) in [6.45, 7) is 7.17. The monoisotopic (exact) mass is 466 g/mol. The molecule has 0 heterocycles. The Balaban J connectivity index is 1.94. The van der Waals surface area contributed by atoms with Crippen LogP contribution in [-0.2, 0) is 14.8 Å². The van der Waals surface area contributed by atoms with Gasteiger partial charge < -0.3 is 10.1 Å². The molecule has 174 valence electrons. The summed E-state index contributed by atoms with van der Waals surface area (Å²) in [6.07, 6.45) is 0. The number of hydrogen-bond acceptors (Lipinski definition) is 4. The van der Waals surface area contributed by atoms with Crippen molar-refractivity contribution in [2.45, 2.75) is 38.6 Å². The lowest BCUT2D eigenvalue weighted by Gasteiger charge is -2.27. The van der Waals surface area contributed by atoms with Crippen molar-refractivity contribution in [2.24, 2.45) is 0 Å². The van der Waals surface area contributed by atoms with Gasteiger partial charge in [0, 0.05) is 5.56 Å². The maximum atomic E-state index is 13.6. The van der Waals surface area contributed by atoms with E-state index in [1.807, 2.05) is 64.1 Å². The van der Waals surface area contributed by atoms with E-state index in [-0.39, 0.29) is 17.5 Å². The Morgan fingerprint density at radius 3 is 2.24 bits per heavy atom. The normalized spacial score (nSPS) is 12.2. The number of aryl methyl sites for hydroxylation is 3. The van der Waals surface area contributed by atoms with Crippen LogP contribution in [0.1, 0.15) is 35.2 Å². The SMILES string of the molecule is COc1ccccc1[C@@H](C)NC(=O)CN(c1ccc(C)cc1C)S(=O)(=O)c1ccc(C)cc1. The molecular formula is C26H30N2O4S. The van der Waals surface area contributed by atoms with E-state index in [2.05, 4.69) is 5.32 Å². The summed E-state index contributed by atoms with van der Waals surface area (Å²) >= 11 is 0. The van der Waals surface area contributed by atoms with Crippen LogP contribution in [0.3, 0.4) is 0 Å². The van der Waals surface area contributed by atoms with Gasteiger partial charge in [0.05, 0.1) is 23.7 Å². The minimum Gasteiger partial charge on any atom is -0.496 e. The van der Waals surface area contributed by atoms with E-state index < -0.39 is 15.9 Å². The number of para-hydroxylation sites is 1. The smallest absolute Gasteiger partial charge is 0.264 e. The number of nitrogens with zero attached hydrogens (tertiary/aromatic N) is 1. The second-order valence-electron chi connectivity index (χ2n) is 8.15. The molecule has 0 aliphatic carbocycles. The van der Waals surface area contributed by atoms with Gasteiger partial charge in [0.25, 0.3) is 10.0 Å². The fraction of sp³-hybridized carbons (Fsp3) is 0.269. The molecule has 7 heteroatoms. The zero-order chi connectivity index (χ0) is 24.2. The Bertz CT molecular complexity index is 1240. The predicted octanol–water partition coefficient (Wildman–Crippen LogP) is 4.69. The number of carbonyl (C=O) groups is 1. The summed E-state index contributed by atoms with van der Waals surface area (Å²) in [4.78, 5) is 13.2. The standard InChI is InChI=1S/C26H30N2O4S/c1-18-10-13-22(14-11-18)33(30,31)28(24-15-12-19(2)16-20(24)3)17-26(29)27-21(4)23-8-6-7-9-25(23)32-5/h6-16,21H,17H2,1-5H3,(H,27,29)/t21-/m1/s1. The summed E-state index contributed by atoms with van der Waals surface area (Å²) in [5.74, 6) is 0.243. The number of sulfonamides is 1. The van der Waals surface area contributed by atoms with Crippen molar-refractivity contribution >= 4 is 21.6 Å². The van der Waals surface area contributed by atoms with Crippen LogP contribution < -0.4 is 14.4 Å². The molecule has 0 aliphatic rings. The number of amides is 1. The molecule has 0 aromatic heterocycles. The summed E-state index contributed by atoms with van der Waals surface area (Å²) in [7, 11) is -2.39. The van der Waals surface area contributed by atoms with Gasteiger partial charge in [0.2, 0.25) is 5.91 Å². The van der Waals surface area contributed by atoms with E-state index >= 15 is 0 Å². The average molecular weight is 467 g/mol. The Morgan fingerprint density at radius 1 is 0.970 bits per heavy atom. The molecule has 0 bridgehead atoms. The van der Waals surface area contributed by atoms with Crippen molar-refractivity contribution in [1.29, 1.82) is 0 Å². The lowest BCUT2D eigenvalue weighted by Crippen LogP contribution is -2.42. The molecule has 0 spiro atoms. The topological polar surface area (TPSA) is 75.7 Å². The van der Waals surface area contributed by atoms with Crippen LogP contribution in [0.2, 0.25) is 0 Å². The number of hydrogen-bond donors (Lipinski definition) is 1. The summed E-state index contributed by atoms with van der Waals surface area (Å²) < 4.78 is 33.8. The van der Waals surface area contributed by atoms with Crippen molar-refractivity contribution in [1.82, 2.24) is 5.32 Å². The van der Waals surface area contributed by atoms with Crippen LogP contribution in [-0.4, -0.2) is 28.0 Å². The summed E-state index contributed by atoms with van der Waals surface area (Å²) in [6, 6.07) is 19.2. The highest BCUT2D eigenvalue weighted by molar-refractivity contribution is 7.92. The first-order chi connectivity index (χ1) is 15.6. The van der Waals surface area contributed by atoms with Gasteiger partial charge >= 0.3 is 0 Å². The average Bonchev–Trinajstić information content (AvgIpc) is 2.78. The highest BCUT2D eigenvalue weighted by Crippen LogP contribution is 2.28. The molecule has 33 heavy (non-hydrogen) atoms. The van der Waals surface area contributed by atoms with Crippen molar-refractivity contribution < 1.29 is 17.9 Å². The number of methoxy groups -OCH3 is 1. The highest BCUT2D eigenvalue weighted by atomic mass is 32.2. The van der Waals surface area contributed by atoms with E-state index in [1.54, 1.807) is 37.4 Å². The number of nitrogens with one attached hydrogen (secondary N) is 1. The largest absolute Gasteiger partial charge is 0.496 e. The van der Waals surface area contributed by atoms with Gasteiger partial charge in [0.15, 0.2) is 0 Å². The first-order valence-corrected chi connectivity index (χ1v) is 12.2. The molecule has 3 rings (SSSR count). The van der Waals surface area contributed by atoms with Gasteiger partial charge in [-0.25, -0.2) is 8.42 Å². The minimum absolute atomic E-state index is 0.138. The van der Waals surface area contributed by atoms with E-state index in [4.69, 9.17) is 4.74 Å². The molecule has 0 saturated heterocycles. The van der Waals surface area contributed by atoms with Crippen LogP contribution in [0.4, 0.5) is 5.69 Å². The number of ether oxygens (including phenoxy) is 1. The molecular weight excluding hydrogens is 436 g/mol. The number of benzene rings is 3. The van der Waals surface area contributed by atoms with Gasteiger partial charge in [-0.1, -0.05) is 53.6 Å². The third-order valence-electron chi connectivity index (χ3n) is 5.50. The third kappa shape index (κ3) is 5.54. The molecule has 0 aliphatic heterocycles. The Kier molecular flexibility index (Phi) is 7.43. The zero-order valence-corrected chi connectivity index (χ0v) is 20.4. The molecule has 6 nitrogen and oxygen atoms in total. The first kappa shape index (κ1) is 24.3. The van der Waals surface area contributed by atoms with Crippen molar-refractivity contribution in [3.8, 4) is 5.75 Å². The van der Waals surface area contributed by atoms with E-state index in [0.717, 1.165) is 22.3 Å². The Labute approximate surface area is 196 Å². The van der Waals surface area contributed by atoms with Crippen LogP contribution in [0.15, 0.2) is 71.6 Å². The van der Waals surface area contributed by atoms with Crippen molar-refractivity contribution in [3.05, 3.63) is 89.0 Å². The van der Waals surface area contributed by atoms with Gasteiger partial charge in [-0.2, -0.15) is 0 Å².